The average molecular weight is 454 g/mol. The summed E-state index contributed by atoms with van der Waals surface area (Å²) in [5, 5.41) is 3.13. The molecule has 1 aliphatic heterocycles. The zero-order valence-corrected chi connectivity index (χ0v) is 18.3. The number of hydrogen-bond donors (Lipinski definition) is 1. The molecule has 0 aromatic heterocycles. The molecule has 0 bridgehead atoms. The molecule has 0 aliphatic carbocycles. The van der Waals surface area contributed by atoms with E-state index < -0.39 is 15.8 Å². The molecule has 3 aromatic carbocycles. The number of halogens is 1. The molecule has 0 unspecified atom stereocenters. The smallest absolute Gasteiger partial charge is 0.243 e. The first kappa shape index (κ1) is 22.0. The van der Waals surface area contributed by atoms with Gasteiger partial charge in [-0.05, 0) is 41.5 Å². The molecule has 8 heteroatoms. The van der Waals surface area contributed by atoms with Crippen molar-refractivity contribution in [3.63, 3.8) is 0 Å². The lowest BCUT2D eigenvalue weighted by Gasteiger charge is -2.34. The van der Waals surface area contributed by atoms with Crippen molar-refractivity contribution in [3.05, 3.63) is 84.7 Å². The number of sulfonamides is 1. The van der Waals surface area contributed by atoms with Crippen LogP contribution >= 0.6 is 0 Å². The van der Waals surface area contributed by atoms with Crippen molar-refractivity contribution in [2.45, 2.75) is 4.90 Å². The number of piperazine rings is 1. The molecule has 1 fully saturated rings. The second kappa shape index (κ2) is 9.50. The summed E-state index contributed by atoms with van der Waals surface area (Å²) in [5.41, 5.74) is 3.06. The summed E-state index contributed by atoms with van der Waals surface area (Å²) in [6, 6.07) is 22.9. The van der Waals surface area contributed by atoms with Crippen LogP contribution < -0.4 is 5.32 Å². The summed E-state index contributed by atoms with van der Waals surface area (Å²) >= 11 is 0. The maximum absolute atomic E-state index is 13.4. The van der Waals surface area contributed by atoms with Crippen molar-refractivity contribution >= 4 is 21.6 Å². The summed E-state index contributed by atoms with van der Waals surface area (Å²) in [6.45, 7) is 1.07. The van der Waals surface area contributed by atoms with Crippen LogP contribution in [-0.4, -0.2) is 56.3 Å². The van der Waals surface area contributed by atoms with E-state index in [1.807, 2.05) is 54.6 Å². The molecule has 0 spiro atoms. The van der Waals surface area contributed by atoms with Gasteiger partial charge in [-0.15, -0.1) is 0 Å². The minimum Gasteiger partial charge on any atom is -0.376 e. The highest BCUT2D eigenvalue weighted by molar-refractivity contribution is 7.89. The summed E-state index contributed by atoms with van der Waals surface area (Å²) in [7, 11) is -3.78. The van der Waals surface area contributed by atoms with Crippen molar-refractivity contribution in [1.29, 1.82) is 0 Å². The van der Waals surface area contributed by atoms with Gasteiger partial charge >= 0.3 is 0 Å². The molecule has 32 heavy (non-hydrogen) atoms. The molecule has 1 saturated heterocycles. The van der Waals surface area contributed by atoms with E-state index >= 15 is 0 Å². The van der Waals surface area contributed by atoms with Crippen LogP contribution in [0.2, 0.25) is 0 Å². The van der Waals surface area contributed by atoms with Crippen LogP contribution in [0, 0.1) is 5.82 Å². The molecule has 1 aliphatic rings. The topological polar surface area (TPSA) is 69.7 Å². The fraction of sp³-hybridized carbons (Fsp3) is 0.208. The standard InChI is InChI=1S/C24H24FN3O3S/c25-21-7-4-8-23(17-21)32(30,31)28-15-13-27(14-16-28)24(29)18-26-22-11-9-20(10-12-22)19-5-2-1-3-6-19/h1-12,17,26H,13-16,18H2. The molecule has 1 heterocycles. The Hall–Kier alpha value is -3.23. The molecule has 1 N–H and O–H groups in total. The van der Waals surface area contributed by atoms with E-state index in [1.165, 1.54) is 22.5 Å². The Bertz CT molecular complexity index is 1180. The Morgan fingerprint density at radius 2 is 1.50 bits per heavy atom. The predicted molar refractivity (Wildman–Crippen MR) is 122 cm³/mol. The number of nitrogens with one attached hydrogen (secondary N) is 1. The average Bonchev–Trinajstić information content (AvgIpc) is 2.83. The minimum atomic E-state index is -3.78. The Morgan fingerprint density at radius 1 is 0.844 bits per heavy atom. The molecular weight excluding hydrogens is 429 g/mol. The van der Waals surface area contributed by atoms with E-state index in [4.69, 9.17) is 0 Å². The van der Waals surface area contributed by atoms with Crippen LogP contribution in [0.4, 0.5) is 10.1 Å². The lowest BCUT2D eigenvalue weighted by Crippen LogP contribution is -2.51. The third-order valence-electron chi connectivity index (χ3n) is 5.46. The van der Waals surface area contributed by atoms with Crippen molar-refractivity contribution < 1.29 is 17.6 Å². The summed E-state index contributed by atoms with van der Waals surface area (Å²) in [5.74, 6) is -0.692. The minimum absolute atomic E-state index is 0.0714. The predicted octanol–water partition coefficient (Wildman–Crippen LogP) is 3.44. The molecule has 4 rings (SSSR count). The molecule has 166 valence electrons. The van der Waals surface area contributed by atoms with Gasteiger partial charge in [0.15, 0.2) is 0 Å². The highest BCUT2D eigenvalue weighted by Gasteiger charge is 2.30. The summed E-state index contributed by atoms with van der Waals surface area (Å²) < 4.78 is 40.1. The normalized spacial score (nSPS) is 14.8. The molecule has 0 saturated carbocycles. The van der Waals surface area contributed by atoms with Gasteiger partial charge in [0.1, 0.15) is 5.82 Å². The van der Waals surface area contributed by atoms with Gasteiger partial charge in [0.2, 0.25) is 15.9 Å². The highest BCUT2D eigenvalue weighted by atomic mass is 32.2. The van der Waals surface area contributed by atoms with Crippen molar-refractivity contribution in [3.8, 4) is 11.1 Å². The number of carbonyl (C=O) groups excluding carboxylic acids is 1. The van der Waals surface area contributed by atoms with Gasteiger partial charge < -0.3 is 10.2 Å². The van der Waals surface area contributed by atoms with Crippen LogP contribution in [0.1, 0.15) is 0 Å². The molecule has 0 radical (unpaired) electrons. The number of hydrogen-bond acceptors (Lipinski definition) is 4. The van der Waals surface area contributed by atoms with Gasteiger partial charge in [-0.2, -0.15) is 4.31 Å². The fourth-order valence-electron chi connectivity index (χ4n) is 3.65. The maximum atomic E-state index is 13.4. The number of rotatable bonds is 6. The van der Waals surface area contributed by atoms with Gasteiger partial charge in [0.25, 0.3) is 0 Å². The summed E-state index contributed by atoms with van der Waals surface area (Å²) in [6.07, 6.45) is 0. The molecule has 6 nitrogen and oxygen atoms in total. The zero-order valence-electron chi connectivity index (χ0n) is 17.4. The van der Waals surface area contributed by atoms with Gasteiger partial charge in [0.05, 0.1) is 11.4 Å². The lowest BCUT2D eigenvalue weighted by molar-refractivity contribution is -0.130. The number of amides is 1. The highest BCUT2D eigenvalue weighted by Crippen LogP contribution is 2.21. The van der Waals surface area contributed by atoms with E-state index in [2.05, 4.69) is 5.32 Å². The largest absolute Gasteiger partial charge is 0.376 e. The Labute approximate surface area is 187 Å². The molecular formula is C24H24FN3O3S. The lowest BCUT2D eigenvalue weighted by atomic mass is 10.1. The van der Waals surface area contributed by atoms with Crippen LogP contribution in [0.25, 0.3) is 11.1 Å². The third kappa shape index (κ3) is 4.98. The molecule has 1 amide bonds. The van der Waals surface area contributed by atoms with Crippen LogP contribution in [0.5, 0.6) is 0 Å². The molecule has 0 atom stereocenters. The van der Waals surface area contributed by atoms with E-state index in [0.29, 0.717) is 13.1 Å². The van der Waals surface area contributed by atoms with Crippen molar-refractivity contribution in [1.82, 2.24) is 9.21 Å². The first-order valence-electron chi connectivity index (χ1n) is 10.4. The number of nitrogens with zero attached hydrogens (tertiary/aromatic N) is 2. The van der Waals surface area contributed by atoms with Crippen molar-refractivity contribution in [2.24, 2.45) is 0 Å². The Kier molecular flexibility index (Phi) is 6.53. The Balaban J connectivity index is 1.29. The second-order valence-corrected chi connectivity index (χ2v) is 9.48. The number of benzene rings is 3. The van der Waals surface area contributed by atoms with E-state index in [0.717, 1.165) is 22.9 Å². The first-order valence-corrected chi connectivity index (χ1v) is 11.8. The second-order valence-electron chi connectivity index (χ2n) is 7.54. The Morgan fingerprint density at radius 3 is 2.16 bits per heavy atom. The molecule has 3 aromatic rings. The fourth-order valence-corrected chi connectivity index (χ4v) is 5.11. The zero-order chi connectivity index (χ0) is 22.6. The van der Waals surface area contributed by atoms with Crippen LogP contribution in [-0.2, 0) is 14.8 Å². The van der Waals surface area contributed by atoms with Gasteiger partial charge in [-0.1, -0.05) is 48.5 Å². The quantitative estimate of drug-likeness (QED) is 0.621. The third-order valence-corrected chi connectivity index (χ3v) is 7.36. The monoisotopic (exact) mass is 453 g/mol. The number of carbonyl (C=O) groups is 1. The van der Waals surface area contributed by atoms with Gasteiger partial charge in [-0.25, -0.2) is 12.8 Å². The van der Waals surface area contributed by atoms with E-state index in [-0.39, 0.29) is 30.4 Å². The number of anilines is 1. The first-order chi connectivity index (χ1) is 15.4. The van der Waals surface area contributed by atoms with Crippen molar-refractivity contribution in [2.75, 3.05) is 38.0 Å². The summed E-state index contributed by atoms with van der Waals surface area (Å²) in [4.78, 5) is 14.1. The van der Waals surface area contributed by atoms with E-state index in [1.54, 1.807) is 4.90 Å². The van der Waals surface area contributed by atoms with Gasteiger partial charge in [0, 0.05) is 31.9 Å². The SMILES string of the molecule is O=C(CNc1ccc(-c2ccccc2)cc1)N1CCN(S(=O)(=O)c2cccc(F)c2)CC1. The van der Waals surface area contributed by atoms with Gasteiger partial charge in [-0.3, -0.25) is 4.79 Å². The van der Waals surface area contributed by atoms with Crippen LogP contribution in [0.3, 0.4) is 0 Å². The van der Waals surface area contributed by atoms with E-state index in [9.17, 15) is 17.6 Å². The maximum Gasteiger partial charge on any atom is 0.243 e. The van der Waals surface area contributed by atoms with Crippen LogP contribution in [0.15, 0.2) is 83.8 Å².